The van der Waals surface area contributed by atoms with Gasteiger partial charge in [-0.25, -0.2) is 4.39 Å². The summed E-state index contributed by atoms with van der Waals surface area (Å²) in [6.45, 7) is 7.73. The number of aryl methyl sites for hydroxylation is 1. The van der Waals surface area contributed by atoms with Gasteiger partial charge in [0.25, 0.3) is 5.91 Å². The van der Waals surface area contributed by atoms with Crippen LogP contribution in [0, 0.1) is 25.6 Å². The fourth-order valence-electron chi connectivity index (χ4n) is 4.20. The van der Waals surface area contributed by atoms with Crippen molar-refractivity contribution in [1.82, 2.24) is 15.2 Å². The maximum Gasteiger partial charge on any atom is 0.253 e. The van der Waals surface area contributed by atoms with E-state index in [9.17, 15) is 14.0 Å². The number of halogens is 1. The van der Waals surface area contributed by atoms with Crippen LogP contribution in [0.3, 0.4) is 0 Å². The molecule has 1 aliphatic carbocycles. The summed E-state index contributed by atoms with van der Waals surface area (Å²) in [6.07, 6.45) is 3.34. The van der Waals surface area contributed by atoms with Crippen molar-refractivity contribution in [3.63, 3.8) is 0 Å². The van der Waals surface area contributed by atoms with Crippen LogP contribution < -0.4 is 10.6 Å². The predicted octanol–water partition coefficient (Wildman–Crippen LogP) is 4.05. The standard InChI is InChI=1S/C23H30FN3O2/c1-14(2)25-22(28)17-6-5-7-19(13-17)26-23(29)21-12-15(3)27(16(21)4)20-10-8-18(24)9-11-20/h8-12,14,17,19H,5-7,13H2,1-4H3,(H,25,28)(H,26,29). The molecule has 1 saturated carbocycles. The third-order valence-corrected chi connectivity index (χ3v) is 5.57. The summed E-state index contributed by atoms with van der Waals surface area (Å²) in [7, 11) is 0. The summed E-state index contributed by atoms with van der Waals surface area (Å²) >= 11 is 0. The lowest BCUT2D eigenvalue weighted by Crippen LogP contribution is -2.43. The zero-order valence-electron chi connectivity index (χ0n) is 17.6. The minimum atomic E-state index is -0.289. The van der Waals surface area contributed by atoms with Crippen LogP contribution in [0.1, 0.15) is 61.3 Å². The van der Waals surface area contributed by atoms with Gasteiger partial charge >= 0.3 is 0 Å². The minimum absolute atomic E-state index is 0.00644. The highest BCUT2D eigenvalue weighted by molar-refractivity contribution is 5.96. The number of rotatable bonds is 5. The molecule has 5 nitrogen and oxygen atoms in total. The quantitative estimate of drug-likeness (QED) is 0.797. The highest BCUT2D eigenvalue weighted by Crippen LogP contribution is 2.26. The van der Waals surface area contributed by atoms with Crippen molar-refractivity contribution in [3.8, 4) is 5.69 Å². The van der Waals surface area contributed by atoms with Gasteiger partial charge in [-0.3, -0.25) is 9.59 Å². The Morgan fingerprint density at radius 2 is 1.83 bits per heavy atom. The van der Waals surface area contributed by atoms with Crippen molar-refractivity contribution in [2.75, 3.05) is 0 Å². The van der Waals surface area contributed by atoms with Gasteiger partial charge in [0.2, 0.25) is 5.91 Å². The van der Waals surface area contributed by atoms with E-state index in [2.05, 4.69) is 10.6 Å². The van der Waals surface area contributed by atoms with Crippen molar-refractivity contribution < 1.29 is 14.0 Å². The van der Waals surface area contributed by atoms with Crippen LogP contribution in [0.4, 0.5) is 4.39 Å². The average Bonchev–Trinajstić information content (AvgIpc) is 2.97. The molecule has 1 heterocycles. The second-order valence-corrected chi connectivity index (χ2v) is 8.29. The molecule has 0 radical (unpaired) electrons. The Labute approximate surface area is 171 Å². The maximum absolute atomic E-state index is 13.3. The molecular formula is C23H30FN3O2. The zero-order valence-corrected chi connectivity index (χ0v) is 17.6. The highest BCUT2D eigenvalue weighted by atomic mass is 19.1. The molecule has 6 heteroatoms. The second kappa shape index (κ2) is 8.80. The first-order valence-electron chi connectivity index (χ1n) is 10.3. The van der Waals surface area contributed by atoms with E-state index in [1.54, 1.807) is 12.1 Å². The predicted molar refractivity (Wildman–Crippen MR) is 112 cm³/mol. The van der Waals surface area contributed by atoms with E-state index in [0.29, 0.717) is 12.0 Å². The Balaban J connectivity index is 1.72. The van der Waals surface area contributed by atoms with E-state index in [4.69, 9.17) is 0 Å². The molecule has 0 saturated heterocycles. The number of amides is 2. The van der Waals surface area contributed by atoms with Crippen molar-refractivity contribution in [3.05, 3.63) is 53.1 Å². The van der Waals surface area contributed by atoms with Gasteiger partial charge in [-0.15, -0.1) is 0 Å². The van der Waals surface area contributed by atoms with Crippen LogP contribution in [0.15, 0.2) is 30.3 Å². The third-order valence-electron chi connectivity index (χ3n) is 5.57. The molecule has 0 bridgehead atoms. The smallest absolute Gasteiger partial charge is 0.253 e. The number of carbonyl (C=O) groups is 2. The van der Waals surface area contributed by atoms with E-state index in [1.807, 2.05) is 38.3 Å². The number of hydrogen-bond acceptors (Lipinski definition) is 2. The molecule has 0 spiro atoms. The summed E-state index contributed by atoms with van der Waals surface area (Å²) in [5.74, 6) is -0.388. The van der Waals surface area contributed by atoms with Crippen molar-refractivity contribution in [2.45, 2.75) is 65.5 Å². The highest BCUT2D eigenvalue weighted by Gasteiger charge is 2.29. The molecule has 156 valence electrons. The number of nitrogens with zero attached hydrogens (tertiary/aromatic N) is 1. The Hall–Kier alpha value is -2.63. The molecule has 2 aromatic rings. The normalized spacial score (nSPS) is 19.2. The lowest BCUT2D eigenvalue weighted by molar-refractivity contribution is -0.126. The molecule has 2 atom stereocenters. The van der Waals surface area contributed by atoms with E-state index < -0.39 is 0 Å². The molecule has 1 aromatic heterocycles. The monoisotopic (exact) mass is 399 g/mol. The number of aromatic nitrogens is 1. The summed E-state index contributed by atoms with van der Waals surface area (Å²) in [5, 5.41) is 6.10. The Kier molecular flexibility index (Phi) is 6.40. The molecule has 1 aliphatic rings. The van der Waals surface area contributed by atoms with E-state index in [-0.39, 0.29) is 35.6 Å². The third kappa shape index (κ3) is 4.86. The SMILES string of the molecule is Cc1cc(C(=O)NC2CCCC(C(=O)NC(C)C)C2)c(C)n1-c1ccc(F)cc1. The summed E-state index contributed by atoms with van der Waals surface area (Å²) in [4.78, 5) is 25.3. The fourth-order valence-corrected chi connectivity index (χ4v) is 4.20. The lowest BCUT2D eigenvalue weighted by Gasteiger charge is -2.29. The zero-order chi connectivity index (χ0) is 21.1. The van der Waals surface area contributed by atoms with Crippen LogP contribution in [0.2, 0.25) is 0 Å². The molecule has 29 heavy (non-hydrogen) atoms. The molecule has 2 amide bonds. The van der Waals surface area contributed by atoms with Crippen LogP contribution in [-0.2, 0) is 4.79 Å². The molecule has 2 unspecified atom stereocenters. The Morgan fingerprint density at radius 3 is 2.48 bits per heavy atom. The van der Waals surface area contributed by atoms with Crippen LogP contribution in [0.25, 0.3) is 5.69 Å². The van der Waals surface area contributed by atoms with Gasteiger partial charge in [-0.05, 0) is 77.3 Å². The van der Waals surface area contributed by atoms with Gasteiger partial charge in [-0.1, -0.05) is 6.42 Å². The van der Waals surface area contributed by atoms with Gasteiger partial charge in [0.05, 0.1) is 5.56 Å². The van der Waals surface area contributed by atoms with Crippen molar-refractivity contribution in [2.24, 2.45) is 5.92 Å². The molecule has 3 rings (SSSR count). The summed E-state index contributed by atoms with van der Waals surface area (Å²) in [5.41, 5.74) is 3.16. The first-order valence-corrected chi connectivity index (χ1v) is 10.3. The van der Waals surface area contributed by atoms with E-state index in [1.165, 1.54) is 12.1 Å². The lowest BCUT2D eigenvalue weighted by atomic mass is 9.85. The topological polar surface area (TPSA) is 63.1 Å². The van der Waals surface area contributed by atoms with Crippen LogP contribution in [-0.4, -0.2) is 28.5 Å². The number of benzene rings is 1. The summed E-state index contributed by atoms with van der Waals surface area (Å²) in [6, 6.07) is 8.21. The largest absolute Gasteiger partial charge is 0.354 e. The van der Waals surface area contributed by atoms with Gasteiger partial charge < -0.3 is 15.2 Å². The number of carbonyl (C=O) groups excluding carboxylic acids is 2. The first kappa shape index (κ1) is 21.1. The van der Waals surface area contributed by atoms with E-state index in [0.717, 1.165) is 36.3 Å². The van der Waals surface area contributed by atoms with Gasteiger partial charge in [-0.2, -0.15) is 0 Å². The van der Waals surface area contributed by atoms with Gasteiger partial charge in [0, 0.05) is 35.1 Å². The molecule has 1 aromatic carbocycles. The van der Waals surface area contributed by atoms with Gasteiger partial charge in [0.15, 0.2) is 0 Å². The number of hydrogen-bond donors (Lipinski definition) is 2. The first-order chi connectivity index (χ1) is 13.8. The second-order valence-electron chi connectivity index (χ2n) is 8.29. The Morgan fingerprint density at radius 1 is 1.14 bits per heavy atom. The molecule has 1 fully saturated rings. The van der Waals surface area contributed by atoms with Crippen molar-refractivity contribution in [1.29, 1.82) is 0 Å². The molecule has 0 aliphatic heterocycles. The molecule has 2 N–H and O–H groups in total. The molecular weight excluding hydrogens is 369 g/mol. The average molecular weight is 400 g/mol. The van der Waals surface area contributed by atoms with Crippen LogP contribution in [0.5, 0.6) is 0 Å². The van der Waals surface area contributed by atoms with Gasteiger partial charge in [0.1, 0.15) is 5.82 Å². The maximum atomic E-state index is 13.3. The van der Waals surface area contributed by atoms with Crippen molar-refractivity contribution >= 4 is 11.8 Å². The van der Waals surface area contributed by atoms with E-state index >= 15 is 0 Å². The Bertz CT molecular complexity index is 886. The number of nitrogens with one attached hydrogen (secondary N) is 2. The fraction of sp³-hybridized carbons (Fsp3) is 0.478. The summed E-state index contributed by atoms with van der Waals surface area (Å²) < 4.78 is 15.2. The van der Waals surface area contributed by atoms with Crippen LogP contribution >= 0.6 is 0 Å². The minimum Gasteiger partial charge on any atom is -0.354 e.